The van der Waals surface area contributed by atoms with Crippen LogP contribution in [-0.4, -0.2) is 36.6 Å². The van der Waals surface area contributed by atoms with Crippen molar-refractivity contribution in [1.29, 1.82) is 0 Å². The van der Waals surface area contributed by atoms with Crippen molar-refractivity contribution in [2.24, 2.45) is 0 Å². The molecule has 0 atom stereocenters. The summed E-state index contributed by atoms with van der Waals surface area (Å²) in [5.74, 6) is 1.93. The Morgan fingerprint density at radius 3 is 1.70 bits per heavy atom. The van der Waals surface area contributed by atoms with Crippen LogP contribution in [0.2, 0.25) is 5.02 Å². The maximum Gasteiger partial charge on any atom is 0.494 e. The SMILES string of the molecule is CC1(C)OB(/C=C(\B2OC(C)(C)C(C)(C)O2)c2ccccc2Cl)OC1(C)C. The Bertz CT molecular complexity index is 726. The first-order valence-electron chi connectivity index (χ1n) is 9.44. The highest BCUT2D eigenvalue weighted by Gasteiger charge is 2.54. The first kappa shape index (κ1) is 20.9. The second kappa shape index (κ2) is 6.63. The molecule has 2 fully saturated rings. The van der Waals surface area contributed by atoms with Gasteiger partial charge in [-0.05, 0) is 72.5 Å². The van der Waals surface area contributed by atoms with Gasteiger partial charge in [0.05, 0.1) is 22.4 Å². The summed E-state index contributed by atoms with van der Waals surface area (Å²) >= 11 is 6.50. The minimum Gasteiger partial charge on any atom is -0.400 e. The molecule has 2 aliphatic heterocycles. The van der Waals surface area contributed by atoms with Gasteiger partial charge in [-0.2, -0.15) is 0 Å². The molecule has 7 heteroatoms. The third-order valence-corrected chi connectivity index (χ3v) is 6.61. The highest BCUT2D eigenvalue weighted by molar-refractivity contribution is 6.73. The highest BCUT2D eigenvalue weighted by atomic mass is 35.5. The zero-order valence-electron chi connectivity index (χ0n) is 17.6. The maximum atomic E-state index is 6.50. The Kier molecular flexibility index (Phi) is 5.15. The van der Waals surface area contributed by atoms with Crippen LogP contribution in [0.25, 0.3) is 5.47 Å². The number of rotatable bonds is 3. The highest BCUT2D eigenvalue weighted by Crippen LogP contribution is 2.43. The fraction of sp³-hybridized carbons (Fsp3) is 0.600. The summed E-state index contributed by atoms with van der Waals surface area (Å²) < 4.78 is 24.9. The summed E-state index contributed by atoms with van der Waals surface area (Å²) in [6.45, 7) is 16.3. The summed E-state index contributed by atoms with van der Waals surface area (Å²) in [5.41, 5.74) is -0.0714. The zero-order chi connectivity index (χ0) is 20.3. The molecular weight excluding hydrogens is 361 g/mol. The first-order chi connectivity index (χ1) is 12.3. The summed E-state index contributed by atoms with van der Waals surface area (Å²) in [5, 5.41) is 0.634. The molecule has 0 unspecified atom stereocenters. The van der Waals surface area contributed by atoms with E-state index in [1.807, 2.05) is 85.6 Å². The van der Waals surface area contributed by atoms with Gasteiger partial charge in [0, 0.05) is 5.02 Å². The van der Waals surface area contributed by atoms with Crippen molar-refractivity contribution in [3.63, 3.8) is 0 Å². The molecule has 0 N–H and O–H groups in total. The van der Waals surface area contributed by atoms with E-state index in [0.717, 1.165) is 11.0 Å². The van der Waals surface area contributed by atoms with E-state index in [4.69, 9.17) is 30.2 Å². The molecule has 2 heterocycles. The van der Waals surface area contributed by atoms with Gasteiger partial charge >= 0.3 is 14.2 Å². The third kappa shape index (κ3) is 3.75. The van der Waals surface area contributed by atoms with Gasteiger partial charge in [-0.25, -0.2) is 0 Å². The molecule has 2 saturated heterocycles. The molecule has 0 aromatic heterocycles. The average Bonchev–Trinajstić information content (AvgIpc) is 2.85. The predicted molar refractivity (Wildman–Crippen MR) is 112 cm³/mol. The maximum absolute atomic E-state index is 6.50. The van der Waals surface area contributed by atoms with E-state index in [0.29, 0.717) is 5.02 Å². The Morgan fingerprint density at radius 2 is 1.22 bits per heavy atom. The van der Waals surface area contributed by atoms with Gasteiger partial charge in [0.25, 0.3) is 0 Å². The number of benzene rings is 1. The van der Waals surface area contributed by atoms with Crippen LogP contribution in [0, 0.1) is 0 Å². The average molecular weight is 391 g/mol. The van der Waals surface area contributed by atoms with Gasteiger partial charge < -0.3 is 18.6 Å². The molecule has 1 aromatic carbocycles. The molecule has 4 nitrogen and oxygen atoms in total. The molecule has 0 amide bonds. The monoisotopic (exact) mass is 390 g/mol. The van der Waals surface area contributed by atoms with Crippen LogP contribution in [0.4, 0.5) is 0 Å². The molecule has 146 valence electrons. The van der Waals surface area contributed by atoms with Crippen LogP contribution in [-0.2, 0) is 18.6 Å². The largest absolute Gasteiger partial charge is 0.494 e. The second-order valence-electron chi connectivity index (χ2n) is 9.31. The lowest BCUT2D eigenvalue weighted by Crippen LogP contribution is -2.41. The second-order valence-corrected chi connectivity index (χ2v) is 9.72. The van der Waals surface area contributed by atoms with Crippen LogP contribution >= 0.6 is 11.6 Å². The van der Waals surface area contributed by atoms with Crippen LogP contribution in [0.3, 0.4) is 0 Å². The zero-order valence-corrected chi connectivity index (χ0v) is 18.3. The fourth-order valence-corrected chi connectivity index (χ4v) is 3.31. The smallest absolute Gasteiger partial charge is 0.400 e. The van der Waals surface area contributed by atoms with Crippen LogP contribution < -0.4 is 0 Å². The van der Waals surface area contributed by atoms with Gasteiger partial charge in [0.1, 0.15) is 0 Å². The minimum absolute atomic E-state index is 0.421. The lowest BCUT2D eigenvalue weighted by molar-refractivity contribution is 0.00578. The van der Waals surface area contributed by atoms with E-state index in [9.17, 15) is 0 Å². The number of halogens is 1. The predicted octanol–water partition coefficient (Wildman–Crippen LogP) is 4.99. The van der Waals surface area contributed by atoms with Crippen molar-refractivity contribution in [2.45, 2.75) is 77.8 Å². The third-order valence-electron chi connectivity index (χ3n) is 6.28. The molecule has 27 heavy (non-hydrogen) atoms. The molecule has 0 saturated carbocycles. The molecule has 0 bridgehead atoms. The molecule has 0 spiro atoms. The van der Waals surface area contributed by atoms with E-state index < -0.39 is 36.6 Å². The molecular formula is C20H29B2ClO4. The molecule has 2 aliphatic rings. The van der Waals surface area contributed by atoms with E-state index in [2.05, 4.69) is 0 Å². The standard InChI is InChI=1S/C20H29B2ClO4/c1-17(2)18(3,4)25-21(24-17)13-15(14-11-9-10-12-16(14)23)22-26-19(5,6)20(7,8)27-22/h9-13H,1-8H3/b15-13-. The van der Waals surface area contributed by atoms with Gasteiger partial charge in [0.15, 0.2) is 0 Å². The minimum atomic E-state index is -0.561. The molecule has 3 rings (SSSR count). The van der Waals surface area contributed by atoms with Crippen molar-refractivity contribution in [3.8, 4) is 0 Å². The lowest BCUT2D eigenvalue weighted by atomic mass is 9.68. The van der Waals surface area contributed by atoms with Gasteiger partial charge in [-0.1, -0.05) is 35.8 Å². The van der Waals surface area contributed by atoms with Gasteiger partial charge in [0.2, 0.25) is 0 Å². The van der Waals surface area contributed by atoms with Crippen LogP contribution in [0.1, 0.15) is 61.0 Å². The Labute approximate surface area is 168 Å². The van der Waals surface area contributed by atoms with E-state index >= 15 is 0 Å². The van der Waals surface area contributed by atoms with Crippen molar-refractivity contribution in [3.05, 3.63) is 40.8 Å². The van der Waals surface area contributed by atoms with E-state index in [1.165, 1.54) is 0 Å². The summed E-state index contributed by atoms with van der Waals surface area (Å²) in [4.78, 5) is 0. The molecule has 0 aliphatic carbocycles. The van der Waals surface area contributed by atoms with E-state index in [1.54, 1.807) is 0 Å². The topological polar surface area (TPSA) is 36.9 Å². The quantitative estimate of drug-likeness (QED) is 0.682. The Balaban J connectivity index is 2.02. The van der Waals surface area contributed by atoms with Gasteiger partial charge in [-0.15, -0.1) is 0 Å². The van der Waals surface area contributed by atoms with Crippen molar-refractivity contribution in [2.75, 3.05) is 0 Å². The molecule has 1 aromatic rings. The molecule has 0 radical (unpaired) electrons. The van der Waals surface area contributed by atoms with Crippen molar-refractivity contribution in [1.82, 2.24) is 0 Å². The van der Waals surface area contributed by atoms with Crippen LogP contribution in [0.15, 0.2) is 30.2 Å². The Morgan fingerprint density at radius 1 is 0.778 bits per heavy atom. The van der Waals surface area contributed by atoms with Crippen LogP contribution in [0.5, 0.6) is 0 Å². The summed E-state index contributed by atoms with van der Waals surface area (Å²) in [6, 6.07) is 7.68. The van der Waals surface area contributed by atoms with Crippen molar-refractivity contribution >= 4 is 31.3 Å². The summed E-state index contributed by atoms with van der Waals surface area (Å²) in [7, 11) is -1.07. The lowest BCUT2D eigenvalue weighted by Gasteiger charge is -2.32. The van der Waals surface area contributed by atoms with Crippen molar-refractivity contribution < 1.29 is 18.6 Å². The fourth-order valence-electron chi connectivity index (χ4n) is 3.06. The van der Waals surface area contributed by atoms with Gasteiger partial charge in [-0.3, -0.25) is 0 Å². The van der Waals surface area contributed by atoms with E-state index in [-0.39, 0.29) is 0 Å². The Hall–Kier alpha value is -0.780. The normalized spacial score (nSPS) is 25.9. The number of hydrogen-bond acceptors (Lipinski definition) is 4. The first-order valence-corrected chi connectivity index (χ1v) is 9.81. The number of hydrogen-bond donors (Lipinski definition) is 0. The summed E-state index contributed by atoms with van der Waals surface area (Å²) in [6.07, 6.45) is 0.